The topological polar surface area (TPSA) is 29.3 Å². The van der Waals surface area contributed by atoms with Crippen LogP contribution in [0.2, 0.25) is 0 Å². The highest BCUT2D eigenvalue weighted by Gasteiger charge is 2.13. The molecule has 102 valence electrons. The predicted octanol–water partition coefficient (Wildman–Crippen LogP) is 3.41. The zero-order valence-corrected chi connectivity index (χ0v) is 12.2. The van der Waals surface area contributed by atoms with Crippen molar-refractivity contribution in [2.75, 3.05) is 19.6 Å². The van der Waals surface area contributed by atoms with Crippen molar-refractivity contribution < 1.29 is 0 Å². The lowest BCUT2D eigenvalue weighted by molar-refractivity contribution is 0.221. The smallest absolute Gasteiger partial charge is 0.00395 e. The normalized spacial score (nSPS) is 20.5. The fourth-order valence-electron chi connectivity index (χ4n) is 2.52. The molecule has 0 bridgehead atoms. The second kappa shape index (κ2) is 7.38. The Balaban J connectivity index is 2.01. The molecule has 1 fully saturated rings. The molecular formula is C15H32N2. The maximum atomic E-state index is 6.18. The van der Waals surface area contributed by atoms with E-state index in [0.29, 0.717) is 11.5 Å². The third kappa shape index (κ3) is 7.77. The summed E-state index contributed by atoms with van der Waals surface area (Å²) in [5.74, 6) is 0. The standard InChI is InChI=1S/C15H32N2/c1-15(2,3)10-9-14(16)8-7-13-17-11-5-4-6-12-17/h14H,4-13,16H2,1-3H3. The average Bonchev–Trinajstić information content (AvgIpc) is 2.27. The van der Waals surface area contributed by atoms with Crippen LogP contribution in [0.1, 0.15) is 65.7 Å². The largest absolute Gasteiger partial charge is 0.328 e. The Morgan fingerprint density at radius 3 is 2.29 bits per heavy atom. The van der Waals surface area contributed by atoms with Gasteiger partial charge in [-0.2, -0.15) is 0 Å². The Labute approximate surface area is 108 Å². The first kappa shape index (κ1) is 15.0. The fourth-order valence-corrected chi connectivity index (χ4v) is 2.52. The van der Waals surface area contributed by atoms with Crippen LogP contribution in [-0.4, -0.2) is 30.6 Å². The minimum atomic E-state index is 0.416. The minimum absolute atomic E-state index is 0.416. The number of rotatable bonds is 6. The van der Waals surface area contributed by atoms with Crippen LogP contribution in [0.15, 0.2) is 0 Å². The van der Waals surface area contributed by atoms with E-state index in [9.17, 15) is 0 Å². The summed E-state index contributed by atoms with van der Waals surface area (Å²) in [4.78, 5) is 2.61. The number of hydrogen-bond acceptors (Lipinski definition) is 2. The van der Waals surface area contributed by atoms with Crippen molar-refractivity contribution in [1.82, 2.24) is 4.90 Å². The molecule has 0 saturated carbocycles. The summed E-state index contributed by atoms with van der Waals surface area (Å²) in [5.41, 5.74) is 6.61. The van der Waals surface area contributed by atoms with E-state index < -0.39 is 0 Å². The van der Waals surface area contributed by atoms with Crippen molar-refractivity contribution in [3.8, 4) is 0 Å². The second-order valence-corrected chi connectivity index (χ2v) is 6.90. The van der Waals surface area contributed by atoms with E-state index in [2.05, 4.69) is 25.7 Å². The van der Waals surface area contributed by atoms with E-state index in [-0.39, 0.29) is 0 Å². The van der Waals surface area contributed by atoms with Gasteiger partial charge >= 0.3 is 0 Å². The molecule has 1 heterocycles. The van der Waals surface area contributed by atoms with Gasteiger partial charge in [-0.05, 0) is 63.6 Å². The lowest BCUT2D eigenvalue weighted by atomic mass is 9.88. The predicted molar refractivity (Wildman–Crippen MR) is 76.2 cm³/mol. The lowest BCUT2D eigenvalue weighted by Crippen LogP contribution is -2.31. The SMILES string of the molecule is CC(C)(C)CCC(N)CCCN1CCCCC1. The molecule has 1 aliphatic rings. The van der Waals surface area contributed by atoms with Crippen molar-refractivity contribution in [3.05, 3.63) is 0 Å². The highest BCUT2D eigenvalue weighted by molar-refractivity contribution is 4.70. The van der Waals surface area contributed by atoms with Gasteiger partial charge in [0.05, 0.1) is 0 Å². The molecule has 17 heavy (non-hydrogen) atoms. The first-order valence-electron chi connectivity index (χ1n) is 7.45. The Morgan fingerprint density at radius 2 is 1.71 bits per heavy atom. The Morgan fingerprint density at radius 1 is 1.06 bits per heavy atom. The molecule has 0 spiro atoms. The van der Waals surface area contributed by atoms with Crippen LogP contribution in [0.3, 0.4) is 0 Å². The molecule has 0 aromatic carbocycles. The monoisotopic (exact) mass is 240 g/mol. The summed E-state index contributed by atoms with van der Waals surface area (Å²) in [6.45, 7) is 10.8. The molecule has 2 N–H and O–H groups in total. The fraction of sp³-hybridized carbons (Fsp3) is 1.00. The molecule has 2 nitrogen and oxygen atoms in total. The van der Waals surface area contributed by atoms with Crippen LogP contribution >= 0.6 is 0 Å². The highest BCUT2D eigenvalue weighted by Crippen LogP contribution is 2.22. The summed E-state index contributed by atoms with van der Waals surface area (Å²) < 4.78 is 0. The first-order valence-corrected chi connectivity index (χ1v) is 7.45. The maximum Gasteiger partial charge on any atom is 0.00395 e. The number of nitrogens with two attached hydrogens (primary N) is 1. The van der Waals surface area contributed by atoms with Gasteiger partial charge in [0, 0.05) is 6.04 Å². The molecule has 1 atom stereocenters. The second-order valence-electron chi connectivity index (χ2n) is 6.90. The van der Waals surface area contributed by atoms with Gasteiger partial charge in [0.1, 0.15) is 0 Å². The third-order valence-corrected chi connectivity index (χ3v) is 3.76. The molecule has 1 aliphatic heterocycles. The van der Waals surface area contributed by atoms with Crippen LogP contribution < -0.4 is 5.73 Å². The van der Waals surface area contributed by atoms with Gasteiger partial charge in [-0.1, -0.05) is 27.2 Å². The van der Waals surface area contributed by atoms with Crippen molar-refractivity contribution in [2.24, 2.45) is 11.1 Å². The molecular weight excluding hydrogens is 208 g/mol. The summed E-state index contributed by atoms with van der Waals surface area (Å²) in [7, 11) is 0. The quantitative estimate of drug-likeness (QED) is 0.771. The van der Waals surface area contributed by atoms with Gasteiger partial charge < -0.3 is 10.6 Å². The minimum Gasteiger partial charge on any atom is -0.328 e. The van der Waals surface area contributed by atoms with Crippen LogP contribution in [-0.2, 0) is 0 Å². The summed E-state index contributed by atoms with van der Waals surface area (Å²) in [6.07, 6.45) is 9.15. The Hall–Kier alpha value is -0.0800. The van der Waals surface area contributed by atoms with Gasteiger partial charge in [0.15, 0.2) is 0 Å². The molecule has 1 unspecified atom stereocenters. The van der Waals surface area contributed by atoms with Gasteiger partial charge in [-0.25, -0.2) is 0 Å². The van der Waals surface area contributed by atoms with Gasteiger partial charge in [0.25, 0.3) is 0 Å². The number of piperidine rings is 1. The number of likely N-dealkylation sites (tertiary alicyclic amines) is 1. The third-order valence-electron chi connectivity index (χ3n) is 3.76. The van der Waals surface area contributed by atoms with E-state index >= 15 is 0 Å². The van der Waals surface area contributed by atoms with Crippen LogP contribution in [0.5, 0.6) is 0 Å². The van der Waals surface area contributed by atoms with E-state index in [1.54, 1.807) is 0 Å². The molecule has 2 heteroatoms. The average molecular weight is 240 g/mol. The van der Waals surface area contributed by atoms with Crippen LogP contribution in [0.4, 0.5) is 0 Å². The van der Waals surface area contributed by atoms with Crippen molar-refractivity contribution in [3.63, 3.8) is 0 Å². The van der Waals surface area contributed by atoms with Crippen LogP contribution in [0, 0.1) is 5.41 Å². The number of hydrogen-bond donors (Lipinski definition) is 1. The zero-order chi connectivity index (χ0) is 12.7. The molecule has 0 radical (unpaired) electrons. The van der Waals surface area contributed by atoms with Crippen LogP contribution in [0.25, 0.3) is 0 Å². The lowest BCUT2D eigenvalue weighted by Gasteiger charge is -2.27. The molecule has 1 saturated heterocycles. The van der Waals surface area contributed by atoms with E-state index in [4.69, 9.17) is 5.73 Å². The van der Waals surface area contributed by atoms with E-state index in [0.717, 1.165) is 0 Å². The van der Waals surface area contributed by atoms with Gasteiger partial charge in [-0.3, -0.25) is 0 Å². The number of nitrogens with zero attached hydrogens (tertiary/aromatic N) is 1. The molecule has 0 aromatic rings. The molecule has 0 aromatic heterocycles. The van der Waals surface area contributed by atoms with Crippen molar-refractivity contribution in [2.45, 2.75) is 71.8 Å². The van der Waals surface area contributed by atoms with Gasteiger partial charge in [-0.15, -0.1) is 0 Å². The van der Waals surface area contributed by atoms with E-state index in [1.165, 1.54) is 64.6 Å². The Bertz CT molecular complexity index is 190. The maximum absolute atomic E-state index is 6.18. The van der Waals surface area contributed by atoms with E-state index in [1.807, 2.05) is 0 Å². The van der Waals surface area contributed by atoms with Crippen molar-refractivity contribution in [1.29, 1.82) is 0 Å². The first-order chi connectivity index (χ1) is 7.97. The summed E-state index contributed by atoms with van der Waals surface area (Å²) in [5, 5.41) is 0. The summed E-state index contributed by atoms with van der Waals surface area (Å²) >= 11 is 0. The summed E-state index contributed by atoms with van der Waals surface area (Å²) in [6, 6.07) is 0.416. The van der Waals surface area contributed by atoms with Gasteiger partial charge in [0.2, 0.25) is 0 Å². The van der Waals surface area contributed by atoms with Crippen molar-refractivity contribution >= 4 is 0 Å². The molecule has 0 aliphatic carbocycles. The zero-order valence-electron chi connectivity index (χ0n) is 12.2. The highest BCUT2D eigenvalue weighted by atomic mass is 15.1. The Kier molecular flexibility index (Phi) is 6.50. The molecule has 0 amide bonds. The molecule has 1 rings (SSSR count).